The average molecular weight is 279 g/mol. The molecule has 0 bridgehead atoms. The predicted molar refractivity (Wildman–Crippen MR) is 75.1 cm³/mol. The summed E-state index contributed by atoms with van der Waals surface area (Å²) in [4.78, 5) is 13.4. The van der Waals surface area contributed by atoms with E-state index in [0.29, 0.717) is 22.8 Å². The Morgan fingerprint density at radius 2 is 2.32 bits per heavy atom. The summed E-state index contributed by atoms with van der Waals surface area (Å²) in [6.45, 7) is 2.41. The number of nitrogens with one attached hydrogen (secondary N) is 1. The molecule has 6 heteroatoms. The molecule has 1 aromatic carbocycles. The van der Waals surface area contributed by atoms with E-state index in [-0.39, 0.29) is 11.8 Å². The second kappa shape index (κ2) is 5.08. The van der Waals surface area contributed by atoms with E-state index in [1.807, 2.05) is 18.9 Å². The molecule has 0 spiro atoms. The topological polar surface area (TPSA) is 82.2 Å². The molecule has 1 aliphatic heterocycles. The summed E-state index contributed by atoms with van der Waals surface area (Å²) < 4.78 is 0. The Bertz CT molecular complexity index is 566. The third kappa shape index (κ3) is 2.50. The van der Waals surface area contributed by atoms with Gasteiger partial charge in [0, 0.05) is 24.8 Å². The molecule has 100 valence electrons. The van der Waals surface area contributed by atoms with Gasteiger partial charge in [0.15, 0.2) is 0 Å². The molecule has 1 aliphatic rings. The van der Waals surface area contributed by atoms with E-state index in [1.165, 1.54) is 0 Å². The summed E-state index contributed by atoms with van der Waals surface area (Å²) in [6, 6.07) is 5.02. The Morgan fingerprint density at radius 1 is 1.63 bits per heavy atom. The van der Waals surface area contributed by atoms with Crippen molar-refractivity contribution < 1.29 is 4.79 Å². The first-order valence-electron chi connectivity index (χ1n) is 5.94. The molecule has 5 nitrogen and oxygen atoms in total. The van der Waals surface area contributed by atoms with Crippen molar-refractivity contribution in [3.05, 3.63) is 22.7 Å². The van der Waals surface area contributed by atoms with Gasteiger partial charge in [-0.05, 0) is 19.1 Å². The quantitative estimate of drug-likeness (QED) is 0.884. The van der Waals surface area contributed by atoms with Gasteiger partial charge >= 0.3 is 0 Å². The molecule has 1 heterocycles. The second-order valence-corrected chi connectivity index (χ2v) is 5.18. The highest BCUT2D eigenvalue weighted by atomic mass is 35.5. The summed E-state index contributed by atoms with van der Waals surface area (Å²) in [7, 11) is 1.86. The Hall–Kier alpha value is -1.77. The van der Waals surface area contributed by atoms with E-state index in [0.717, 1.165) is 5.69 Å². The van der Waals surface area contributed by atoms with Crippen molar-refractivity contribution in [3.63, 3.8) is 0 Å². The molecule has 1 aromatic rings. The third-order valence-corrected chi connectivity index (χ3v) is 3.48. The molecule has 2 atom stereocenters. The van der Waals surface area contributed by atoms with Gasteiger partial charge in [0.1, 0.15) is 6.04 Å². The molecular weight excluding hydrogens is 264 g/mol. The van der Waals surface area contributed by atoms with Crippen molar-refractivity contribution in [1.29, 1.82) is 5.26 Å². The molecule has 19 heavy (non-hydrogen) atoms. The average Bonchev–Trinajstić information content (AvgIpc) is 2.64. The number of nitrogens with zero attached hydrogens (tertiary/aromatic N) is 2. The summed E-state index contributed by atoms with van der Waals surface area (Å²) in [5, 5.41) is 12.1. The van der Waals surface area contributed by atoms with Gasteiger partial charge in [-0.15, -0.1) is 0 Å². The lowest BCUT2D eigenvalue weighted by Crippen LogP contribution is -2.23. The van der Waals surface area contributed by atoms with E-state index in [1.54, 1.807) is 12.1 Å². The minimum absolute atomic E-state index is 0.105. The largest absolute Gasteiger partial charge is 0.372 e. The SMILES string of the molecule is CC(C#N)CN(C)c1cc2c(cc1Cl)C(N)C(=O)N2. The summed E-state index contributed by atoms with van der Waals surface area (Å²) in [5.74, 6) is -0.331. The highest BCUT2D eigenvalue weighted by Crippen LogP contribution is 2.37. The van der Waals surface area contributed by atoms with E-state index >= 15 is 0 Å². The standard InChI is InChI=1S/C13H15ClN4O/c1-7(5-15)6-18(2)11-4-10-8(3-9(11)14)12(16)13(19)17-10/h3-4,7,12H,6,16H2,1-2H3,(H,17,19). The Balaban J connectivity index is 2.32. The van der Waals surface area contributed by atoms with Crippen LogP contribution in [-0.4, -0.2) is 19.5 Å². The number of benzene rings is 1. The Labute approximate surface area is 116 Å². The lowest BCUT2D eigenvalue weighted by Gasteiger charge is -2.22. The molecule has 0 saturated carbocycles. The number of nitriles is 1. The first-order valence-corrected chi connectivity index (χ1v) is 6.32. The highest BCUT2D eigenvalue weighted by molar-refractivity contribution is 6.33. The van der Waals surface area contributed by atoms with Crippen LogP contribution in [0.3, 0.4) is 0 Å². The van der Waals surface area contributed by atoms with Crippen molar-refractivity contribution >= 4 is 28.9 Å². The van der Waals surface area contributed by atoms with Gasteiger partial charge in [-0.2, -0.15) is 5.26 Å². The van der Waals surface area contributed by atoms with E-state index in [4.69, 9.17) is 22.6 Å². The number of rotatable bonds is 3. The normalized spacial score (nSPS) is 18.5. The lowest BCUT2D eigenvalue weighted by molar-refractivity contribution is -0.116. The smallest absolute Gasteiger partial charge is 0.245 e. The van der Waals surface area contributed by atoms with Gasteiger partial charge in [-0.1, -0.05) is 11.6 Å². The molecule has 0 saturated heterocycles. The van der Waals surface area contributed by atoms with Gasteiger partial charge in [0.25, 0.3) is 0 Å². The number of amides is 1. The molecule has 2 rings (SSSR count). The number of fused-ring (bicyclic) bond motifs is 1. The number of carbonyl (C=O) groups excluding carboxylic acids is 1. The third-order valence-electron chi connectivity index (χ3n) is 3.17. The molecule has 1 amide bonds. The fourth-order valence-corrected chi connectivity index (χ4v) is 2.45. The van der Waals surface area contributed by atoms with Crippen LogP contribution in [0.4, 0.5) is 11.4 Å². The summed E-state index contributed by atoms with van der Waals surface area (Å²) in [5.41, 5.74) is 7.93. The number of anilines is 2. The maximum absolute atomic E-state index is 11.5. The molecular formula is C13H15ClN4O. The van der Waals surface area contributed by atoms with Crippen LogP contribution in [0, 0.1) is 17.2 Å². The maximum atomic E-state index is 11.5. The number of carbonyl (C=O) groups is 1. The first kappa shape index (κ1) is 13.7. The minimum atomic E-state index is -0.662. The van der Waals surface area contributed by atoms with Crippen LogP contribution in [-0.2, 0) is 4.79 Å². The zero-order chi connectivity index (χ0) is 14.2. The van der Waals surface area contributed by atoms with Crippen LogP contribution >= 0.6 is 11.6 Å². The lowest BCUT2D eigenvalue weighted by atomic mass is 10.1. The van der Waals surface area contributed by atoms with Gasteiger partial charge in [0.2, 0.25) is 5.91 Å². The van der Waals surface area contributed by atoms with Crippen LogP contribution in [0.5, 0.6) is 0 Å². The van der Waals surface area contributed by atoms with E-state index in [2.05, 4.69) is 11.4 Å². The Morgan fingerprint density at radius 3 is 2.95 bits per heavy atom. The molecule has 0 aromatic heterocycles. The van der Waals surface area contributed by atoms with Gasteiger partial charge in [-0.3, -0.25) is 4.79 Å². The first-order chi connectivity index (χ1) is 8.93. The monoisotopic (exact) mass is 278 g/mol. The molecule has 3 N–H and O–H groups in total. The fourth-order valence-electron chi connectivity index (χ4n) is 2.14. The van der Waals surface area contributed by atoms with Crippen LogP contribution in [0.25, 0.3) is 0 Å². The van der Waals surface area contributed by atoms with Crippen molar-refractivity contribution in [3.8, 4) is 6.07 Å². The van der Waals surface area contributed by atoms with Crippen molar-refractivity contribution in [1.82, 2.24) is 0 Å². The summed E-state index contributed by atoms with van der Waals surface area (Å²) in [6.07, 6.45) is 0. The second-order valence-electron chi connectivity index (χ2n) is 4.77. The minimum Gasteiger partial charge on any atom is -0.372 e. The number of halogens is 1. The molecule has 0 fully saturated rings. The van der Waals surface area contributed by atoms with Crippen molar-refractivity contribution in [2.75, 3.05) is 23.8 Å². The van der Waals surface area contributed by atoms with Gasteiger partial charge in [0.05, 0.1) is 22.7 Å². The molecule has 2 unspecified atom stereocenters. The number of nitrogens with two attached hydrogens (primary N) is 1. The van der Waals surface area contributed by atoms with Crippen LogP contribution in [0.2, 0.25) is 5.02 Å². The zero-order valence-electron chi connectivity index (χ0n) is 10.8. The summed E-state index contributed by atoms with van der Waals surface area (Å²) >= 11 is 6.22. The van der Waals surface area contributed by atoms with Crippen LogP contribution in [0.1, 0.15) is 18.5 Å². The van der Waals surface area contributed by atoms with E-state index < -0.39 is 6.04 Å². The Kier molecular flexibility index (Phi) is 3.65. The van der Waals surface area contributed by atoms with Gasteiger partial charge in [-0.25, -0.2) is 0 Å². The zero-order valence-corrected chi connectivity index (χ0v) is 11.5. The highest BCUT2D eigenvalue weighted by Gasteiger charge is 2.28. The van der Waals surface area contributed by atoms with Gasteiger partial charge < -0.3 is 16.0 Å². The fraction of sp³-hybridized carbons (Fsp3) is 0.385. The predicted octanol–water partition coefficient (Wildman–Crippen LogP) is 1.89. The van der Waals surface area contributed by atoms with Crippen molar-refractivity contribution in [2.24, 2.45) is 11.7 Å². The molecule has 0 radical (unpaired) electrons. The van der Waals surface area contributed by atoms with E-state index in [9.17, 15) is 4.79 Å². The number of hydrogen-bond donors (Lipinski definition) is 2. The van der Waals surface area contributed by atoms with Crippen molar-refractivity contribution in [2.45, 2.75) is 13.0 Å². The number of hydrogen-bond acceptors (Lipinski definition) is 4. The molecule has 0 aliphatic carbocycles. The maximum Gasteiger partial charge on any atom is 0.245 e. The van der Waals surface area contributed by atoms with Crippen LogP contribution in [0.15, 0.2) is 12.1 Å². The van der Waals surface area contributed by atoms with Crippen LogP contribution < -0.4 is 16.0 Å².